The lowest BCUT2D eigenvalue weighted by Gasteiger charge is -2.29. The number of ether oxygens (including phenoxy) is 2. The quantitative estimate of drug-likeness (QED) is 0.483. The van der Waals surface area contributed by atoms with Gasteiger partial charge < -0.3 is 9.47 Å². The Bertz CT molecular complexity index is 906. The standard InChI is InChI=1S/C19H17F5N2O4/c1-29-9-25(15-7-6-11(17(23)24)8-14(15)22)19(28)26(10-30-2)18(27)16-12(20)4-3-5-13(16)21/h3-8,17H,9-10H2,1-2H3. The zero-order valence-electron chi connectivity index (χ0n) is 15.9. The summed E-state index contributed by atoms with van der Waals surface area (Å²) in [7, 11) is 2.27. The maximum Gasteiger partial charge on any atom is 0.335 e. The van der Waals surface area contributed by atoms with Crippen LogP contribution in [0.5, 0.6) is 0 Å². The minimum absolute atomic E-state index is 0.320. The average Bonchev–Trinajstić information content (AvgIpc) is 2.69. The molecule has 0 aliphatic carbocycles. The summed E-state index contributed by atoms with van der Waals surface area (Å²) in [5.41, 5.74) is -2.14. The van der Waals surface area contributed by atoms with Crippen molar-refractivity contribution in [1.29, 1.82) is 0 Å². The summed E-state index contributed by atoms with van der Waals surface area (Å²) in [6.45, 7) is -1.33. The van der Waals surface area contributed by atoms with Gasteiger partial charge in [-0.25, -0.2) is 31.6 Å². The fraction of sp³-hybridized carbons (Fsp3) is 0.263. The molecule has 2 rings (SSSR count). The average molecular weight is 432 g/mol. The Morgan fingerprint density at radius 3 is 2.03 bits per heavy atom. The maximum absolute atomic E-state index is 14.4. The highest BCUT2D eigenvalue weighted by Crippen LogP contribution is 2.27. The van der Waals surface area contributed by atoms with Crippen LogP contribution in [0.15, 0.2) is 36.4 Å². The Morgan fingerprint density at radius 2 is 1.53 bits per heavy atom. The van der Waals surface area contributed by atoms with Gasteiger partial charge in [0.05, 0.1) is 5.69 Å². The van der Waals surface area contributed by atoms with Crippen molar-refractivity contribution in [1.82, 2.24) is 4.90 Å². The zero-order chi connectivity index (χ0) is 22.4. The third-order valence-corrected chi connectivity index (χ3v) is 3.91. The van der Waals surface area contributed by atoms with Crippen LogP contribution in [0.1, 0.15) is 22.3 Å². The number of methoxy groups -OCH3 is 2. The summed E-state index contributed by atoms with van der Waals surface area (Å²) < 4.78 is 77.6. The summed E-state index contributed by atoms with van der Waals surface area (Å²) >= 11 is 0. The van der Waals surface area contributed by atoms with Gasteiger partial charge in [0.15, 0.2) is 0 Å². The predicted octanol–water partition coefficient (Wildman–Crippen LogP) is 4.32. The molecule has 0 heterocycles. The fourth-order valence-electron chi connectivity index (χ4n) is 2.55. The molecule has 0 saturated carbocycles. The Morgan fingerprint density at radius 1 is 0.933 bits per heavy atom. The van der Waals surface area contributed by atoms with E-state index in [-0.39, 0.29) is 0 Å². The van der Waals surface area contributed by atoms with Crippen molar-refractivity contribution in [2.24, 2.45) is 0 Å². The van der Waals surface area contributed by atoms with Crippen LogP contribution < -0.4 is 4.90 Å². The molecular formula is C19H17F5N2O4. The molecule has 0 saturated heterocycles. The van der Waals surface area contributed by atoms with E-state index in [0.29, 0.717) is 15.9 Å². The van der Waals surface area contributed by atoms with Crippen molar-refractivity contribution >= 4 is 17.6 Å². The van der Waals surface area contributed by atoms with Gasteiger partial charge in [-0.1, -0.05) is 12.1 Å². The van der Waals surface area contributed by atoms with E-state index in [4.69, 9.17) is 9.47 Å². The van der Waals surface area contributed by atoms with E-state index < -0.39 is 66.1 Å². The van der Waals surface area contributed by atoms with Crippen LogP contribution in [0.4, 0.5) is 32.4 Å². The second-order valence-corrected chi connectivity index (χ2v) is 5.89. The number of imide groups is 1. The van der Waals surface area contributed by atoms with Gasteiger partial charge in [-0.15, -0.1) is 0 Å². The summed E-state index contributed by atoms with van der Waals surface area (Å²) in [6.07, 6.45) is -2.95. The van der Waals surface area contributed by atoms with Gasteiger partial charge in [0.1, 0.15) is 36.5 Å². The van der Waals surface area contributed by atoms with Crippen LogP contribution in [-0.4, -0.2) is 44.5 Å². The van der Waals surface area contributed by atoms with E-state index >= 15 is 0 Å². The molecule has 3 amide bonds. The van der Waals surface area contributed by atoms with Gasteiger partial charge >= 0.3 is 6.03 Å². The number of alkyl halides is 2. The SMILES string of the molecule is COCN(C(=O)c1c(F)cccc1F)C(=O)N(COC)c1ccc(C(F)F)cc1F. The molecule has 0 bridgehead atoms. The summed E-state index contributed by atoms with van der Waals surface area (Å²) in [5, 5.41) is 0. The van der Waals surface area contributed by atoms with E-state index in [1.165, 1.54) is 0 Å². The molecule has 30 heavy (non-hydrogen) atoms. The third kappa shape index (κ3) is 4.92. The number of nitrogens with zero attached hydrogens (tertiary/aromatic N) is 2. The molecular weight excluding hydrogens is 415 g/mol. The highest BCUT2D eigenvalue weighted by Gasteiger charge is 2.33. The molecule has 2 aromatic rings. The highest BCUT2D eigenvalue weighted by atomic mass is 19.3. The maximum atomic E-state index is 14.4. The Labute approximate surface area is 168 Å². The van der Waals surface area contributed by atoms with Crippen molar-refractivity contribution in [2.45, 2.75) is 6.43 Å². The van der Waals surface area contributed by atoms with Crippen LogP contribution in [0.3, 0.4) is 0 Å². The molecule has 0 aromatic heterocycles. The number of carbonyl (C=O) groups excluding carboxylic acids is 2. The molecule has 11 heteroatoms. The first-order valence-electron chi connectivity index (χ1n) is 8.35. The number of rotatable bonds is 7. The predicted molar refractivity (Wildman–Crippen MR) is 95.5 cm³/mol. The molecule has 162 valence electrons. The zero-order valence-corrected chi connectivity index (χ0v) is 15.9. The number of amides is 3. The van der Waals surface area contributed by atoms with Gasteiger partial charge in [0.25, 0.3) is 12.3 Å². The number of benzene rings is 2. The van der Waals surface area contributed by atoms with Crippen LogP contribution in [-0.2, 0) is 9.47 Å². The molecule has 0 atom stereocenters. The molecule has 0 radical (unpaired) electrons. The van der Waals surface area contributed by atoms with E-state index in [9.17, 15) is 31.5 Å². The first-order valence-corrected chi connectivity index (χ1v) is 8.35. The monoisotopic (exact) mass is 432 g/mol. The van der Waals surface area contributed by atoms with Gasteiger partial charge in [0.2, 0.25) is 0 Å². The molecule has 6 nitrogen and oxygen atoms in total. The van der Waals surface area contributed by atoms with E-state index in [0.717, 1.165) is 44.6 Å². The van der Waals surface area contributed by atoms with Gasteiger partial charge in [-0.3, -0.25) is 9.69 Å². The Kier molecular flexibility index (Phi) is 7.84. The first-order chi connectivity index (χ1) is 14.2. The second kappa shape index (κ2) is 10.1. The van der Waals surface area contributed by atoms with Crippen LogP contribution in [0.2, 0.25) is 0 Å². The van der Waals surface area contributed by atoms with Crippen molar-refractivity contribution < 1.29 is 41.0 Å². The lowest BCUT2D eigenvalue weighted by atomic mass is 10.1. The molecule has 0 aliphatic rings. The lowest BCUT2D eigenvalue weighted by Crippen LogP contribution is -2.48. The number of urea groups is 1. The number of hydrogen-bond acceptors (Lipinski definition) is 4. The number of carbonyl (C=O) groups is 2. The second-order valence-electron chi connectivity index (χ2n) is 5.89. The highest BCUT2D eigenvalue weighted by molar-refractivity contribution is 6.09. The van der Waals surface area contributed by atoms with Crippen molar-refractivity contribution in [3.63, 3.8) is 0 Å². The van der Waals surface area contributed by atoms with E-state index in [2.05, 4.69) is 0 Å². The van der Waals surface area contributed by atoms with Crippen LogP contribution >= 0.6 is 0 Å². The summed E-state index contributed by atoms with van der Waals surface area (Å²) in [5.74, 6) is -5.03. The largest absolute Gasteiger partial charge is 0.364 e. The molecule has 0 aliphatic heterocycles. The fourth-order valence-corrected chi connectivity index (χ4v) is 2.55. The van der Waals surface area contributed by atoms with Crippen LogP contribution in [0, 0.1) is 17.5 Å². The number of hydrogen-bond donors (Lipinski definition) is 0. The normalized spacial score (nSPS) is 10.9. The molecule has 0 unspecified atom stereocenters. The van der Waals surface area contributed by atoms with E-state index in [1.807, 2.05) is 0 Å². The Hall–Kier alpha value is -3.05. The smallest absolute Gasteiger partial charge is 0.335 e. The van der Waals surface area contributed by atoms with Crippen molar-refractivity contribution in [3.8, 4) is 0 Å². The first kappa shape index (κ1) is 23.2. The van der Waals surface area contributed by atoms with Crippen molar-refractivity contribution in [2.75, 3.05) is 32.6 Å². The molecule has 2 aromatic carbocycles. The summed E-state index contributed by atoms with van der Waals surface area (Å²) in [4.78, 5) is 26.5. The molecule has 0 N–H and O–H groups in total. The van der Waals surface area contributed by atoms with E-state index in [1.54, 1.807) is 0 Å². The Balaban J connectivity index is 2.47. The van der Waals surface area contributed by atoms with Crippen molar-refractivity contribution in [3.05, 3.63) is 65.0 Å². The number of anilines is 1. The topological polar surface area (TPSA) is 59.1 Å². The van der Waals surface area contributed by atoms with Gasteiger partial charge in [-0.2, -0.15) is 0 Å². The minimum Gasteiger partial charge on any atom is -0.364 e. The molecule has 0 spiro atoms. The van der Waals surface area contributed by atoms with Gasteiger partial charge in [-0.05, 0) is 24.3 Å². The number of halogens is 5. The van der Waals surface area contributed by atoms with Gasteiger partial charge in [0, 0.05) is 19.8 Å². The lowest BCUT2D eigenvalue weighted by molar-refractivity contribution is 0.0525. The molecule has 0 fully saturated rings. The van der Waals surface area contributed by atoms with Crippen LogP contribution in [0.25, 0.3) is 0 Å². The third-order valence-electron chi connectivity index (χ3n) is 3.91. The minimum atomic E-state index is -2.95. The summed E-state index contributed by atoms with van der Waals surface area (Å²) in [6, 6.07) is 3.72.